The SMILES string of the molecule is Cc1cc(N2C[C@H]3CC[C@@H](C2)[C@@H]3Nc2nc(Oc3ccc(OC(F)(F)F)cc3)n(C(C)C)n2)sn1. The highest BCUT2D eigenvalue weighted by Crippen LogP contribution is 2.41. The molecule has 1 aromatic carbocycles. The van der Waals surface area contributed by atoms with E-state index in [1.165, 1.54) is 29.3 Å². The summed E-state index contributed by atoms with van der Waals surface area (Å²) in [6.07, 6.45) is -2.44. The third kappa shape index (κ3) is 5.31. The van der Waals surface area contributed by atoms with E-state index >= 15 is 0 Å². The number of nitrogens with zero attached hydrogens (tertiary/aromatic N) is 5. The number of rotatable bonds is 7. The largest absolute Gasteiger partial charge is 0.573 e. The maximum atomic E-state index is 12.4. The van der Waals surface area contributed by atoms with Crippen molar-refractivity contribution >= 4 is 22.5 Å². The molecular formula is C23H27F3N6O2S. The Labute approximate surface area is 205 Å². The number of fused-ring (bicyclic) bond motifs is 2. The zero-order valence-corrected chi connectivity index (χ0v) is 20.4. The van der Waals surface area contributed by atoms with Crippen LogP contribution in [0, 0.1) is 18.8 Å². The van der Waals surface area contributed by atoms with Crippen molar-refractivity contribution in [1.29, 1.82) is 0 Å². The van der Waals surface area contributed by atoms with Crippen LogP contribution in [-0.4, -0.2) is 44.6 Å². The lowest BCUT2D eigenvalue weighted by molar-refractivity contribution is -0.274. The molecule has 0 amide bonds. The summed E-state index contributed by atoms with van der Waals surface area (Å²) in [4.78, 5) is 7.00. The Hall–Kier alpha value is -3.02. The van der Waals surface area contributed by atoms with Gasteiger partial charge in [0.05, 0.1) is 11.7 Å². The fourth-order valence-corrected chi connectivity index (χ4v) is 5.66. The zero-order chi connectivity index (χ0) is 24.7. The van der Waals surface area contributed by atoms with Crippen molar-refractivity contribution in [2.24, 2.45) is 11.8 Å². The first-order valence-corrected chi connectivity index (χ1v) is 12.4. The van der Waals surface area contributed by atoms with Crippen LogP contribution in [0.1, 0.15) is 38.4 Å². The average molecular weight is 509 g/mol. The molecule has 1 N–H and O–H groups in total. The topological polar surface area (TPSA) is 77.3 Å². The molecule has 3 atom stereocenters. The molecule has 0 unspecified atom stereocenters. The van der Waals surface area contributed by atoms with Gasteiger partial charge in [-0.3, -0.25) is 0 Å². The van der Waals surface area contributed by atoms with Crippen LogP contribution in [-0.2, 0) is 0 Å². The molecular weight excluding hydrogens is 481 g/mol. The number of halogens is 3. The van der Waals surface area contributed by atoms with E-state index in [1.54, 1.807) is 16.2 Å². The maximum absolute atomic E-state index is 12.4. The number of hydrogen-bond donors (Lipinski definition) is 1. The van der Waals surface area contributed by atoms with E-state index in [0.29, 0.717) is 23.5 Å². The highest BCUT2D eigenvalue weighted by Gasteiger charge is 2.43. The number of benzene rings is 1. The smallest absolute Gasteiger partial charge is 0.424 e. The Morgan fingerprint density at radius 1 is 1.09 bits per heavy atom. The standard InChI is InChI=1S/C23H27F3N6O2S/c1-13(2)32-22(33-17-6-8-18(9-7-17)34-23(24,25)26)28-21(29-32)27-20-15-4-5-16(20)12-31(11-15)19-10-14(3)30-35-19/h6-10,13,15-16,20H,4-5,11-12H2,1-3H3,(H,27,29)/t15-,16+,20-. The first-order chi connectivity index (χ1) is 16.6. The van der Waals surface area contributed by atoms with Crippen molar-refractivity contribution in [3.8, 4) is 17.5 Å². The first-order valence-electron chi connectivity index (χ1n) is 11.6. The second-order valence-corrected chi connectivity index (χ2v) is 10.1. The number of hydrogen-bond acceptors (Lipinski definition) is 8. The number of anilines is 2. The Bertz CT molecular complexity index is 1150. The van der Waals surface area contributed by atoms with Crippen molar-refractivity contribution in [2.45, 2.75) is 52.1 Å². The molecule has 12 heteroatoms. The molecule has 2 fully saturated rings. The van der Waals surface area contributed by atoms with Gasteiger partial charge >= 0.3 is 12.4 Å². The van der Waals surface area contributed by atoms with Gasteiger partial charge in [-0.05, 0) is 87.3 Å². The van der Waals surface area contributed by atoms with Crippen LogP contribution in [0.3, 0.4) is 0 Å². The van der Waals surface area contributed by atoms with Crippen LogP contribution < -0.4 is 19.7 Å². The predicted octanol–water partition coefficient (Wildman–Crippen LogP) is 5.64. The van der Waals surface area contributed by atoms with Crippen LogP contribution in [0.2, 0.25) is 0 Å². The molecule has 35 heavy (non-hydrogen) atoms. The van der Waals surface area contributed by atoms with Gasteiger partial charge in [-0.25, -0.2) is 4.68 Å². The molecule has 1 saturated heterocycles. The van der Waals surface area contributed by atoms with Crippen molar-refractivity contribution in [2.75, 3.05) is 23.3 Å². The number of alkyl halides is 3. The Morgan fingerprint density at radius 2 is 1.74 bits per heavy atom. The molecule has 3 aromatic rings. The predicted molar refractivity (Wildman–Crippen MR) is 126 cm³/mol. The zero-order valence-electron chi connectivity index (χ0n) is 19.6. The second-order valence-electron chi connectivity index (χ2n) is 9.36. The third-order valence-corrected chi connectivity index (χ3v) is 7.35. The number of nitrogens with one attached hydrogen (secondary N) is 1. The molecule has 8 nitrogen and oxygen atoms in total. The van der Waals surface area contributed by atoms with Crippen LogP contribution in [0.25, 0.3) is 0 Å². The maximum Gasteiger partial charge on any atom is 0.573 e. The molecule has 0 radical (unpaired) electrons. The molecule has 2 aliphatic rings. The Balaban J connectivity index is 1.28. The van der Waals surface area contributed by atoms with E-state index in [1.807, 2.05) is 20.8 Å². The molecule has 0 spiro atoms. The van der Waals surface area contributed by atoms with Crippen LogP contribution in [0.15, 0.2) is 30.3 Å². The van der Waals surface area contributed by atoms with E-state index in [4.69, 9.17) is 4.74 Å². The third-order valence-electron chi connectivity index (χ3n) is 6.41. The van der Waals surface area contributed by atoms with Gasteiger partial charge < -0.3 is 19.7 Å². The van der Waals surface area contributed by atoms with Crippen LogP contribution >= 0.6 is 11.5 Å². The van der Waals surface area contributed by atoms with Crippen molar-refractivity contribution in [3.05, 3.63) is 36.0 Å². The van der Waals surface area contributed by atoms with E-state index in [0.717, 1.165) is 31.6 Å². The molecule has 1 aliphatic carbocycles. The summed E-state index contributed by atoms with van der Waals surface area (Å²) in [6, 6.07) is 7.90. The lowest BCUT2D eigenvalue weighted by Crippen LogP contribution is -2.48. The van der Waals surface area contributed by atoms with E-state index < -0.39 is 6.36 Å². The highest BCUT2D eigenvalue weighted by molar-refractivity contribution is 7.10. The minimum atomic E-state index is -4.74. The van der Waals surface area contributed by atoms with Crippen molar-refractivity contribution in [3.63, 3.8) is 0 Å². The van der Waals surface area contributed by atoms with Gasteiger partial charge in [0, 0.05) is 19.1 Å². The summed E-state index contributed by atoms with van der Waals surface area (Å²) in [5.74, 6) is 1.48. The summed E-state index contributed by atoms with van der Waals surface area (Å²) in [7, 11) is 0. The van der Waals surface area contributed by atoms with Crippen LogP contribution in [0.5, 0.6) is 17.5 Å². The van der Waals surface area contributed by atoms with E-state index in [-0.39, 0.29) is 23.8 Å². The van der Waals surface area contributed by atoms with Gasteiger partial charge in [0.2, 0.25) is 5.95 Å². The lowest BCUT2D eigenvalue weighted by Gasteiger charge is -2.38. The summed E-state index contributed by atoms with van der Waals surface area (Å²) in [6.45, 7) is 7.88. The molecule has 1 saturated carbocycles. The van der Waals surface area contributed by atoms with Gasteiger partial charge in [-0.15, -0.1) is 18.3 Å². The lowest BCUT2D eigenvalue weighted by atomic mass is 9.92. The minimum Gasteiger partial charge on any atom is -0.424 e. The van der Waals surface area contributed by atoms with Gasteiger partial charge in [0.15, 0.2) is 0 Å². The Morgan fingerprint density at radius 3 is 2.31 bits per heavy atom. The molecule has 2 aromatic heterocycles. The van der Waals surface area contributed by atoms with Gasteiger partial charge in [0.1, 0.15) is 16.5 Å². The fourth-order valence-electron chi connectivity index (χ4n) is 4.88. The summed E-state index contributed by atoms with van der Waals surface area (Å²) in [5, 5.41) is 9.39. The minimum absolute atomic E-state index is 0.0194. The number of aromatic nitrogens is 4. The van der Waals surface area contributed by atoms with Crippen LogP contribution in [0.4, 0.5) is 24.1 Å². The second kappa shape index (κ2) is 9.21. The monoisotopic (exact) mass is 508 g/mol. The highest BCUT2D eigenvalue weighted by atomic mass is 32.1. The fraction of sp³-hybridized carbons (Fsp3) is 0.522. The Kier molecular flexibility index (Phi) is 6.24. The van der Waals surface area contributed by atoms with Gasteiger partial charge in [-0.1, -0.05) is 0 Å². The first kappa shape index (κ1) is 23.7. The molecule has 1 aliphatic heterocycles. The van der Waals surface area contributed by atoms with Gasteiger partial charge in [0.25, 0.3) is 0 Å². The van der Waals surface area contributed by atoms with Gasteiger partial charge in [-0.2, -0.15) is 9.36 Å². The number of ether oxygens (including phenoxy) is 2. The molecule has 5 rings (SSSR count). The number of piperidine rings is 1. The summed E-state index contributed by atoms with van der Waals surface area (Å²) < 4.78 is 53.1. The summed E-state index contributed by atoms with van der Waals surface area (Å²) in [5.41, 5.74) is 1.05. The van der Waals surface area contributed by atoms with E-state index in [9.17, 15) is 13.2 Å². The average Bonchev–Trinajstić information content (AvgIpc) is 3.45. The normalized spacial score (nSPS) is 22.0. The quantitative estimate of drug-likeness (QED) is 0.442. The molecule has 3 heterocycles. The van der Waals surface area contributed by atoms with Crippen molar-refractivity contribution in [1.82, 2.24) is 19.1 Å². The van der Waals surface area contributed by atoms with Crippen molar-refractivity contribution < 1.29 is 22.6 Å². The molecule has 2 bridgehead atoms. The van der Waals surface area contributed by atoms with E-state index in [2.05, 4.69) is 35.5 Å². The number of aryl methyl sites for hydroxylation is 1. The molecule has 188 valence electrons. The summed E-state index contributed by atoms with van der Waals surface area (Å²) >= 11 is 1.55.